The van der Waals surface area contributed by atoms with E-state index in [9.17, 15) is 9.59 Å². The third kappa shape index (κ3) is 3.07. The second-order valence-corrected chi connectivity index (χ2v) is 9.27. The summed E-state index contributed by atoms with van der Waals surface area (Å²) in [6, 6.07) is 17.4. The van der Waals surface area contributed by atoms with Crippen LogP contribution in [0.5, 0.6) is 0 Å². The van der Waals surface area contributed by atoms with Gasteiger partial charge in [0.15, 0.2) is 4.87 Å². The Labute approximate surface area is 180 Å². The molecule has 0 bridgehead atoms. The highest BCUT2D eigenvalue weighted by atomic mass is 79.9. The van der Waals surface area contributed by atoms with Crippen LogP contribution < -0.4 is 10.2 Å². The summed E-state index contributed by atoms with van der Waals surface area (Å²) < 4.78 is 2.77. The zero-order chi connectivity index (χ0) is 20.0. The van der Waals surface area contributed by atoms with Crippen LogP contribution in [-0.4, -0.2) is 26.5 Å². The summed E-state index contributed by atoms with van der Waals surface area (Å²) in [6.07, 6.45) is 2.52. The van der Waals surface area contributed by atoms with Crippen LogP contribution in [0.2, 0.25) is 0 Å². The lowest BCUT2D eigenvalue weighted by Crippen LogP contribution is -2.49. The van der Waals surface area contributed by atoms with Gasteiger partial charge in [-0.2, -0.15) is 5.10 Å². The molecule has 146 valence electrons. The third-order valence-corrected chi connectivity index (χ3v) is 7.24. The Bertz CT molecular complexity index is 1110. The van der Waals surface area contributed by atoms with E-state index in [0.717, 1.165) is 20.6 Å². The van der Waals surface area contributed by atoms with E-state index in [1.807, 2.05) is 48.5 Å². The molecule has 0 saturated carbocycles. The maximum absolute atomic E-state index is 13.4. The number of nitrogens with one attached hydrogen (secondary N) is 1. The van der Waals surface area contributed by atoms with E-state index in [1.54, 1.807) is 21.8 Å². The predicted molar refractivity (Wildman–Crippen MR) is 116 cm³/mol. The van der Waals surface area contributed by atoms with Crippen LogP contribution in [0.3, 0.4) is 0 Å². The first kappa shape index (κ1) is 18.4. The minimum Gasteiger partial charge on any atom is -0.308 e. The quantitative estimate of drug-likeness (QED) is 0.620. The normalized spacial score (nSPS) is 19.9. The van der Waals surface area contributed by atoms with Crippen molar-refractivity contribution in [3.8, 4) is 0 Å². The molecule has 1 fully saturated rings. The predicted octanol–water partition coefficient (Wildman–Crippen LogP) is 4.26. The number of aromatic nitrogens is 2. The van der Waals surface area contributed by atoms with Gasteiger partial charge in [-0.15, -0.1) is 0 Å². The fourth-order valence-electron chi connectivity index (χ4n) is 3.84. The fourth-order valence-corrected chi connectivity index (χ4v) is 5.52. The highest BCUT2D eigenvalue weighted by Crippen LogP contribution is 2.56. The molecule has 1 saturated heterocycles. The zero-order valence-corrected chi connectivity index (χ0v) is 17.7. The van der Waals surface area contributed by atoms with Gasteiger partial charge in [-0.3, -0.25) is 14.5 Å². The Hall–Kier alpha value is -2.58. The highest BCUT2D eigenvalue weighted by Gasteiger charge is 2.57. The Balaban J connectivity index is 1.41. The molecule has 3 heterocycles. The molecule has 5 rings (SSSR count). The van der Waals surface area contributed by atoms with Crippen molar-refractivity contribution in [1.29, 1.82) is 0 Å². The van der Waals surface area contributed by atoms with Crippen LogP contribution in [0.1, 0.15) is 18.4 Å². The smallest absolute Gasteiger partial charge is 0.262 e. The number of amides is 2. The molecule has 2 aliphatic rings. The first-order valence-corrected chi connectivity index (χ1v) is 10.9. The van der Waals surface area contributed by atoms with Crippen molar-refractivity contribution < 1.29 is 9.59 Å². The molecule has 3 aromatic rings. The number of nitrogens with zero attached hydrogens (tertiary/aromatic N) is 3. The number of fused-ring (bicyclic) bond motifs is 3. The summed E-state index contributed by atoms with van der Waals surface area (Å²) in [4.78, 5) is 27.7. The lowest BCUT2D eigenvalue weighted by Gasteiger charge is -2.29. The molecule has 0 aliphatic carbocycles. The van der Waals surface area contributed by atoms with Crippen LogP contribution in [0.15, 0.2) is 70.2 Å². The van der Waals surface area contributed by atoms with Gasteiger partial charge in [0.1, 0.15) is 5.82 Å². The highest BCUT2D eigenvalue weighted by molar-refractivity contribution is 9.10. The van der Waals surface area contributed by atoms with Crippen molar-refractivity contribution >= 4 is 51.0 Å². The van der Waals surface area contributed by atoms with Gasteiger partial charge < -0.3 is 5.32 Å². The molecule has 2 aromatic carbocycles. The SMILES string of the molecule is O=C1CCC2(C(=O)Nc3ccnn3Cc3ccc(Br)cc3)Sc3ccccc3N12. The number of carbonyl (C=O) groups excluding carboxylic acids is 2. The number of rotatable bonds is 4. The number of anilines is 2. The monoisotopic (exact) mass is 468 g/mol. The average molecular weight is 469 g/mol. The molecular formula is C21H17BrN4O2S. The number of hydrogen-bond donors (Lipinski definition) is 1. The number of carbonyl (C=O) groups is 2. The van der Waals surface area contributed by atoms with Crippen molar-refractivity contribution in [3.63, 3.8) is 0 Å². The molecule has 0 radical (unpaired) electrons. The van der Waals surface area contributed by atoms with Gasteiger partial charge in [-0.1, -0.05) is 52.0 Å². The van der Waals surface area contributed by atoms with Gasteiger partial charge in [0.25, 0.3) is 5.91 Å². The summed E-state index contributed by atoms with van der Waals surface area (Å²) in [5.74, 6) is 0.409. The number of hydrogen-bond acceptors (Lipinski definition) is 4. The van der Waals surface area contributed by atoms with Gasteiger partial charge in [0.05, 0.1) is 18.4 Å². The number of halogens is 1. The number of thioether (sulfide) groups is 1. The van der Waals surface area contributed by atoms with Crippen LogP contribution >= 0.6 is 27.7 Å². The van der Waals surface area contributed by atoms with Crippen molar-refractivity contribution in [1.82, 2.24) is 9.78 Å². The minimum absolute atomic E-state index is 0.0130. The lowest BCUT2D eigenvalue weighted by atomic mass is 10.2. The largest absolute Gasteiger partial charge is 0.308 e. The van der Waals surface area contributed by atoms with Gasteiger partial charge in [-0.25, -0.2) is 4.68 Å². The molecule has 1 N–H and O–H groups in total. The van der Waals surface area contributed by atoms with E-state index in [1.165, 1.54) is 11.8 Å². The molecule has 2 aliphatic heterocycles. The maximum atomic E-state index is 13.4. The van der Waals surface area contributed by atoms with Crippen LogP contribution in [0, 0.1) is 0 Å². The van der Waals surface area contributed by atoms with E-state index in [4.69, 9.17) is 0 Å². The van der Waals surface area contributed by atoms with E-state index in [0.29, 0.717) is 25.2 Å². The summed E-state index contributed by atoms with van der Waals surface area (Å²) in [5.41, 5.74) is 1.89. The van der Waals surface area contributed by atoms with Crippen LogP contribution in [0.4, 0.5) is 11.5 Å². The molecular weight excluding hydrogens is 452 g/mol. The molecule has 6 nitrogen and oxygen atoms in total. The first-order chi connectivity index (χ1) is 14.1. The average Bonchev–Trinajstić information content (AvgIpc) is 3.38. The zero-order valence-electron chi connectivity index (χ0n) is 15.3. The minimum atomic E-state index is -0.937. The van der Waals surface area contributed by atoms with Gasteiger partial charge in [0.2, 0.25) is 5.91 Å². The van der Waals surface area contributed by atoms with E-state index in [-0.39, 0.29) is 11.8 Å². The van der Waals surface area contributed by atoms with Crippen molar-refractivity contribution in [2.75, 3.05) is 10.2 Å². The standard InChI is InChI=1S/C21H17BrN4O2S/c22-15-7-5-14(6-8-15)13-25-18(10-12-23-25)24-20(28)21-11-9-19(27)26(21)16-3-1-2-4-17(16)29-21/h1-8,10,12H,9,11,13H2,(H,24,28). The summed E-state index contributed by atoms with van der Waals surface area (Å²) >= 11 is 4.89. The molecule has 29 heavy (non-hydrogen) atoms. The fraction of sp³-hybridized carbons (Fsp3) is 0.190. The molecule has 1 atom stereocenters. The molecule has 1 aromatic heterocycles. The Morgan fingerprint density at radius 3 is 2.79 bits per heavy atom. The van der Waals surface area contributed by atoms with Gasteiger partial charge >= 0.3 is 0 Å². The van der Waals surface area contributed by atoms with E-state index >= 15 is 0 Å². The topological polar surface area (TPSA) is 67.2 Å². The van der Waals surface area contributed by atoms with E-state index < -0.39 is 4.87 Å². The maximum Gasteiger partial charge on any atom is 0.262 e. The third-order valence-electron chi connectivity index (χ3n) is 5.23. The van der Waals surface area contributed by atoms with Gasteiger partial charge in [0, 0.05) is 21.9 Å². The molecule has 0 spiro atoms. The second kappa shape index (κ2) is 7.03. The number of para-hydroxylation sites is 1. The Kier molecular flexibility index (Phi) is 4.48. The van der Waals surface area contributed by atoms with E-state index in [2.05, 4.69) is 26.3 Å². The second-order valence-electron chi connectivity index (χ2n) is 7.04. The number of benzene rings is 2. The van der Waals surface area contributed by atoms with Crippen molar-refractivity contribution in [3.05, 3.63) is 70.8 Å². The first-order valence-electron chi connectivity index (χ1n) is 9.26. The van der Waals surface area contributed by atoms with Crippen molar-refractivity contribution in [2.24, 2.45) is 0 Å². The molecule has 1 unspecified atom stereocenters. The molecule has 2 amide bonds. The summed E-state index contributed by atoms with van der Waals surface area (Å²) in [7, 11) is 0. The Morgan fingerprint density at radius 1 is 1.17 bits per heavy atom. The van der Waals surface area contributed by atoms with Crippen LogP contribution in [0.25, 0.3) is 0 Å². The van der Waals surface area contributed by atoms with Crippen LogP contribution in [-0.2, 0) is 16.1 Å². The Morgan fingerprint density at radius 2 is 1.97 bits per heavy atom. The molecule has 8 heteroatoms. The summed E-state index contributed by atoms with van der Waals surface area (Å²) in [6.45, 7) is 0.541. The summed E-state index contributed by atoms with van der Waals surface area (Å²) in [5, 5.41) is 7.37. The lowest BCUT2D eigenvalue weighted by molar-refractivity contribution is -0.121. The van der Waals surface area contributed by atoms with Gasteiger partial charge in [-0.05, 0) is 36.2 Å². The van der Waals surface area contributed by atoms with Crippen molar-refractivity contribution in [2.45, 2.75) is 29.2 Å².